The second kappa shape index (κ2) is 8.40. The quantitative estimate of drug-likeness (QED) is 0.652. The number of hydrogen-bond acceptors (Lipinski definition) is 5. The summed E-state index contributed by atoms with van der Waals surface area (Å²) in [5.74, 6) is 0.876. The first-order valence-corrected chi connectivity index (χ1v) is 10.2. The Morgan fingerprint density at radius 2 is 2.04 bits per heavy atom. The molecular weight excluding hydrogens is 458 g/mol. The fourth-order valence-electron chi connectivity index (χ4n) is 2.69. The van der Waals surface area contributed by atoms with Gasteiger partial charge in [-0.2, -0.15) is 0 Å². The van der Waals surface area contributed by atoms with Gasteiger partial charge in [-0.05, 0) is 47.0 Å². The van der Waals surface area contributed by atoms with Gasteiger partial charge >= 0.3 is 0 Å². The van der Waals surface area contributed by atoms with E-state index in [0.717, 1.165) is 14.0 Å². The predicted molar refractivity (Wildman–Crippen MR) is 102 cm³/mol. The lowest BCUT2D eigenvalue weighted by atomic mass is 9.90. The summed E-state index contributed by atoms with van der Waals surface area (Å²) >= 11 is 8.25. The van der Waals surface area contributed by atoms with Gasteiger partial charge in [0.25, 0.3) is 5.91 Å². The first-order valence-electron chi connectivity index (χ1n) is 7.83. The number of benzene rings is 1. The largest absolute Gasteiger partial charge is 0.483 e. The molecule has 1 fully saturated rings. The van der Waals surface area contributed by atoms with E-state index in [1.807, 2.05) is 12.1 Å². The van der Waals surface area contributed by atoms with Gasteiger partial charge in [-0.1, -0.05) is 46.5 Å². The Hall–Kier alpha value is -0.990. The average molecular weight is 475 g/mol. The van der Waals surface area contributed by atoms with Crippen LogP contribution in [-0.2, 0) is 4.79 Å². The zero-order valence-corrected chi connectivity index (χ0v) is 16.9. The van der Waals surface area contributed by atoms with Gasteiger partial charge in [-0.3, -0.25) is 10.1 Å². The first kappa shape index (κ1) is 17.8. The number of halogens is 2. The van der Waals surface area contributed by atoms with Gasteiger partial charge in [0.15, 0.2) is 6.61 Å². The number of rotatable bonds is 5. The smallest absolute Gasteiger partial charge is 0.264 e. The summed E-state index contributed by atoms with van der Waals surface area (Å²) in [4.78, 5) is 12.0. The Morgan fingerprint density at radius 3 is 2.79 bits per heavy atom. The monoisotopic (exact) mass is 473 g/mol. The molecule has 128 valence electrons. The lowest BCUT2D eigenvalue weighted by molar-refractivity contribution is -0.118. The Labute approximate surface area is 161 Å². The SMILES string of the molecule is O=C(COc1ccc(Br)cc1Br)Nc1nnc(C2CCCCC2)s1. The average Bonchev–Trinajstić information content (AvgIpc) is 3.03. The number of hydrogen-bond donors (Lipinski definition) is 1. The lowest BCUT2D eigenvalue weighted by Gasteiger charge is -2.18. The number of carbonyl (C=O) groups is 1. The molecule has 3 rings (SSSR count). The van der Waals surface area contributed by atoms with Crippen LogP contribution in [-0.4, -0.2) is 22.7 Å². The van der Waals surface area contributed by atoms with E-state index in [9.17, 15) is 4.79 Å². The minimum absolute atomic E-state index is 0.0709. The zero-order chi connectivity index (χ0) is 16.9. The lowest BCUT2D eigenvalue weighted by Crippen LogP contribution is -2.20. The maximum absolute atomic E-state index is 12.0. The highest BCUT2D eigenvalue weighted by Gasteiger charge is 2.20. The van der Waals surface area contributed by atoms with Gasteiger partial charge in [-0.25, -0.2) is 0 Å². The van der Waals surface area contributed by atoms with Crippen LogP contribution in [0.1, 0.15) is 43.0 Å². The number of aromatic nitrogens is 2. The minimum atomic E-state index is -0.240. The number of anilines is 1. The van der Waals surface area contributed by atoms with Crippen LogP contribution in [0.2, 0.25) is 0 Å². The van der Waals surface area contributed by atoms with E-state index in [0.29, 0.717) is 16.8 Å². The molecule has 5 nitrogen and oxygen atoms in total. The number of carbonyl (C=O) groups excluding carboxylic acids is 1. The molecule has 1 heterocycles. The molecule has 2 aromatic rings. The summed E-state index contributed by atoms with van der Waals surface area (Å²) in [6.45, 7) is -0.0709. The summed E-state index contributed by atoms with van der Waals surface area (Å²) < 4.78 is 7.26. The molecule has 1 aliphatic rings. The second-order valence-electron chi connectivity index (χ2n) is 5.69. The van der Waals surface area contributed by atoms with Crippen molar-refractivity contribution >= 4 is 54.2 Å². The maximum Gasteiger partial charge on any atom is 0.264 e. The molecule has 1 aliphatic carbocycles. The molecule has 1 saturated carbocycles. The third-order valence-electron chi connectivity index (χ3n) is 3.89. The number of nitrogens with one attached hydrogen (secondary N) is 1. The van der Waals surface area contributed by atoms with E-state index in [4.69, 9.17) is 4.74 Å². The Kier molecular flexibility index (Phi) is 6.24. The molecule has 24 heavy (non-hydrogen) atoms. The molecule has 0 unspecified atom stereocenters. The molecule has 0 aliphatic heterocycles. The highest BCUT2D eigenvalue weighted by atomic mass is 79.9. The van der Waals surface area contributed by atoms with Gasteiger partial charge in [0.1, 0.15) is 10.8 Å². The van der Waals surface area contributed by atoms with Crippen molar-refractivity contribution in [2.75, 3.05) is 11.9 Å². The molecule has 8 heteroatoms. The van der Waals surface area contributed by atoms with Crippen LogP contribution in [0, 0.1) is 0 Å². The van der Waals surface area contributed by atoms with Crippen molar-refractivity contribution in [2.24, 2.45) is 0 Å². The van der Waals surface area contributed by atoms with Gasteiger partial charge in [0.05, 0.1) is 4.47 Å². The topological polar surface area (TPSA) is 64.1 Å². The van der Waals surface area contributed by atoms with E-state index in [1.165, 1.54) is 43.4 Å². The van der Waals surface area contributed by atoms with Crippen LogP contribution in [0.25, 0.3) is 0 Å². The molecule has 0 spiro atoms. The molecule has 1 N–H and O–H groups in total. The van der Waals surface area contributed by atoms with E-state index in [-0.39, 0.29) is 12.5 Å². The van der Waals surface area contributed by atoms with Gasteiger partial charge < -0.3 is 4.74 Å². The summed E-state index contributed by atoms with van der Waals surface area (Å²) in [7, 11) is 0. The summed E-state index contributed by atoms with van der Waals surface area (Å²) in [5.41, 5.74) is 0. The van der Waals surface area contributed by atoms with Gasteiger partial charge in [0, 0.05) is 10.4 Å². The fourth-order valence-corrected chi connectivity index (χ4v) is 4.78. The summed E-state index contributed by atoms with van der Waals surface area (Å²) in [5, 5.41) is 12.6. The Bertz CT molecular complexity index is 717. The van der Waals surface area contributed by atoms with Crippen molar-refractivity contribution in [3.8, 4) is 5.75 Å². The van der Waals surface area contributed by atoms with Crippen molar-refractivity contribution in [2.45, 2.75) is 38.0 Å². The molecule has 1 aromatic carbocycles. The fraction of sp³-hybridized carbons (Fsp3) is 0.438. The second-order valence-corrected chi connectivity index (χ2v) is 8.47. The van der Waals surface area contributed by atoms with Gasteiger partial charge in [0.2, 0.25) is 5.13 Å². The highest BCUT2D eigenvalue weighted by molar-refractivity contribution is 9.11. The molecule has 0 saturated heterocycles. The van der Waals surface area contributed by atoms with Crippen LogP contribution < -0.4 is 10.1 Å². The third-order valence-corrected chi connectivity index (χ3v) is 6.01. The Balaban J connectivity index is 1.52. The van der Waals surface area contributed by atoms with E-state index < -0.39 is 0 Å². The van der Waals surface area contributed by atoms with Crippen LogP contribution >= 0.6 is 43.2 Å². The zero-order valence-electron chi connectivity index (χ0n) is 12.9. The molecular formula is C16H17Br2N3O2S. The molecule has 0 bridgehead atoms. The standard InChI is InChI=1S/C16H17Br2N3O2S/c17-11-6-7-13(12(18)8-11)23-9-14(22)19-16-21-20-15(24-16)10-4-2-1-3-5-10/h6-8,10H,1-5,9H2,(H,19,21,22). The van der Waals surface area contributed by atoms with E-state index in [1.54, 1.807) is 6.07 Å². The van der Waals surface area contributed by atoms with Crippen LogP contribution in [0.5, 0.6) is 5.75 Å². The highest BCUT2D eigenvalue weighted by Crippen LogP contribution is 2.35. The number of amides is 1. The van der Waals surface area contributed by atoms with E-state index in [2.05, 4.69) is 47.4 Å². The third kappa shape index (κ3) is 4.77. The maximum atomic E-state index is 12.0. The van der Waals surface area contributed by atoms with Crippen LogP contribution in [0.15, 0.2) is 27.1 Å². The number of nitrogens with zero attached hydrogens (tertiary/aromatic N) is 2. The molecule has 1 amide bonds. The molecule has 1 aromatic heterocycles. The van der Waals surface area contributed by atoms with Crippen LogP contribution in [0.3, 0.4) is 0 Å². The van der Waals surface area contributed by atoms with Gasteiger partial charge in [-0.15, -0.1) is 10.2 Å². The molecule has 0 atom stereocenters. The normalized spacial score (nSPS) is 15.2. The van der Waals surface area contributed by atoms with Crippen molar-refractivity contribution < 1.29 is 9.53 Å². The van der Waals surface area contributed by atoms with Crippen molar-refractivity contribution in [3.63, 3.8) is 0 Å². The summed E-state index contributed by atoms with van der Waals surface area (Å²) in [6, 6.07) is 5.53. The molecule has 0 radical (unpaired) electrons. The first-order chi connectivity index (χ1) is 11.6. The minimum Gasteiger partial charge on any atom is -0.483 e. The summed E-state index contributed by atoms with van der Waals surface area (Å²) in [6.07, 6.45) is 6.15. The van der Waals surface area contributed by atoms with Crippen molar-refractivity contribution in [1.82, 2.24) is 10.2 Å². The Morgan fingerprint density at radius 1 is 1.25 bits per heavy atom. The van der Waals surface area contributed by atoms with Crippen LogP contribution in [0.4, 0.5) is 5.13 Å². The van der Waals surface area contributed by atoms with Crippen molar-refractivity contribution in [3.05, 3.63) is 32.2 Å². The van der Waals surface area contributed by atoms with Crippen molar-refractivity contribution in [1.29, 1.82) is 0 Å². The number of ether oxygens (including phenoxy) is 1. The van der Waals surface area contributed by atoms with E-state index >= 15 is 0 Å². The predicted octanol–water partition coefficient (Wildman–Crippen LogP) is 5.13.